The van der Waals surface area contributed by atoms with Gasteiger partial charge in [0.1, 0.15) is 29.1 Å². The molecule has 1 fully saturated rings. The van der Waals surface area contributed by atoms with Crippen LogP contribution in [0, 0.1) is 59.2 Å². The second-order valence-electron chi connectivity index (χ2n) is 35.1. The first-order chi connectivity index (χ1) is 62.4. The predicted octanol–water partition coefficient (Wildman–Crippen LogP) is 3.32. The molecular formula is C94H135N9O28S. The first-order valence-electron chi connectivity index (χ1n) is 45.1. The molecule has 8 amide bonds. The molecule has 17 atom stereocenters. The number of aliphatic hydroxyl groups excluding tert-OH is 4. The zero-order valence-electron chi connectivity index (χ0n) is 76.5. The van der Waals surface area contributed by atoms with Crippen molar-refractivity contribution in [3.05, 3.63) is 95.6 Å². The highest BCUT2D eigenvalue weighted by molar-refractivity contribution is 8.00. The number of unbranched alkanes of at least 4 members (excludes halogenated alkanes) is 1. The normalized spacial score (nSPS) is 16.3. The highest BCUT2D eigenvalue weighted by Gasteiger charge is 2.41. The highest BCUT2D eigenvalue weighted by Crippen LogP contribution is 2.27. The molecule has 0 spiro atoms. The van der Waals surface area contributed by atoms with Crippen molar-refractivity contribution in [2.75, 3.05) is 50.9 Å². The van der Waals surface area contributed by atoms with Gasteiger partial charge in [-0.2, -0.15) is 0 Å². The molecule has 0 radical (unpaired) electrons. The summed E-state index contributed by atoms with van der Waals surface area (Å²) in [6.07, 6.45) is -7.77. The largest absolute Gasteiger partial charge is 0.508 e. The van der Waals surface area contributed by atoms with Crippen molar-refractivity contribution in [3.63, 3.8) is 0 Å². The van der Waals surface area contributed by atoms with Gasteiger partial charge in [-0.05, 0) is 144 Å². The molecule has 1 saturated heterocycles. The van der Waals surface area contributed by atoms with Crippen LogP contribution in [-0.4, -0.2) is 262 Å². The van der Waals surface area contributed by atoms with Gasteiger partial charge in [-0.1, -0.05) is 102 Å². The van der Waals surface area contributed by atoms with Crippen LogP contribution in [0.5, 0.6) is 11.5 Å². The van der Waals surface area contributed by atoms with E-state index < -0.39 is 280 Å². The number of thioether (sulfide) groups is 1. The van der Waals surface area contributed by atoms with Crippen LogP contribution in [0.15, 0.2) is 78.9 Å². The maximum atomic E-state index is 14.9. The molecule has 37 nitrogen and oxygen atoms in total. The van der Waals surface area contributed by atoms with E-state index in [9.17, 15) is 137 Å². The van der Waals surface area contributed by atoms with Crippen molar-refractivity contribution in [1.29, 1.82) is 0 Å². The molecule has 1 heterocycles. The molecule has 38 heteroatoms. The number of piperidine rings is 1. The number of nitrogens with two attached hydrogens (primary N) is 1. The summed E-state index contributed by atoms with van der Waals surface area (Å²) < 4.78 is 0. The first kappa shape index (κ1) is 113. The topological polar surface area (TPSA) is 620 Å². The number of likely N-dealkylation sites (tertiary alicyclic amines) is 1. The number of hydrogen-bond acceptors (Lipinski definition) is 27. The number of carbonyl (C=O) groups excluding carboxylic acids is 16. The number of rotatable bonds is 67. The van der Waals surface area contributed by atoms with Crippen LogP contribution in [0.25, 0.3) is 0 Å². The average molecular weight is 1870 g/mol. The van der Waals surface area contributed by atoms with Crippen molar-refractivity contribution in [1.82, 2.24) is 42.1 Å². The molecule has 0 unspecified atom stereocenters. The van der Waals surface area contributed by atoms with E-state index >= 15 is 0 Å². The van der Waals surface area contributed by atoms with Gasteiger partial charge < -0.3 is 93.8 Å². The Morgan fingerprint density at radius 1 is 0.462 bits per heavy atom. The molecule has 4 rings (SSSR count). The molecule has 1 aliphatic heterocycles. The number of Topliss-reactive ketones (excluding diaryl/α,β-unsaturated/α-hetero) is 8. The summed E-state index contributed by atoms with van der Waals surface area (Å²) in [4.78, 5) is 262. The van der Waals surface area contributed by atoms with E-state index in [4.69, 9.17) is 5.73 Å². The number of phenolic OH excluding ortho intramolecular Hbond substituents is 2. The van der Waals surface area contributed by atoms with Crippen molar-refractivity contribution in [2.45, 2.75) is 252 Å². The van der Waals surface area contributed by atoms with Crippen molar-refractivity contribution >= 4 is 123 Å². The van der Waals surface area contributed by atoms with Crippen molar-refractivity contribution < 1.29 is 137 Å². The van der Waals surface area contributed by atoms with E-state index in [1.54, 1.807) is 69.9 Å². The molecular weight excluding hydrogens is 1740 g/mol. The summed E-state index contributed by atoms with van der Waals surface area (Å²) in [6, 6.07) is 10.5. The number of aromatic hydroxyl groups is 2. The average Bonchev–Trinajstić information content (AvgIpc) is 0.834. The molecule has 3 aromatic rings. The monoisotopic (exact) mass is 1870 g/mol. The summed E-state index contributed by atoms with van der Waals surface area (Å²) >= 11 is 1.01. The minimum absolute atomic E-state index is 0.0260. The number of phenols is 2. The Kier molecular flexibility index (Phi) is 50.4. The fraction of sp³-hybridized carbons (Fsp3) is 0.606. The Bertz CT molecular complexity index is 4380. The molecule has 1 aliphatic rings. The number of carbonyl (C=O) groups is 19. The summed E-state index contributed by atoms with van der Waals surface area (Å²) in [7, 11) is 0. The Balaban J connectivity index is 1.52. The minimum Gasteiger partial charge on any atom is -0.508 e. The number of benzene rings is 3. The standard InChI is InChI=1S/C94H135N9O28S/c1-9-54(4)86(82(117)42-63(36-60-22-27-67(108)28-23-60)89(126)98-74(35-53(2)3)78(113)40-64(44-84(120)121)88(125)97-56(6)18-13-14-32-95)102-91(128)66(49-104)43-79(114)75(38-61-24-29-68(109)30-25-61)99-90(127)65(45-85(122)123)41-80(115)77(50-105)101-93(130)73(58(8)107)47-81(116)76(37-59-19-11-10-12-20-59)100-92(129)72(57(7)106)46-70(111)48-96-87(124)62(26-31-83(118)119)39-71(112)52-132-51-69(110)21-16-34-103-33-15-17-55(5)94(103)131/h10-12,19-20,22-25,27-30,53-58,62-66,72-77,86,104-109H,9,13-18,21,26,31-52,95H2,1-8H3,(H,96,124)(H,97,125)(H,98,126)(H,99,127)(H,100,129)(H,101,130)(H,102,128)(H,118,119)(H,120,121)(H,122,123)/t54-,55+,56+,57+,58+,62+,63+,64-,65-,66-,72-,73-,74-,75-,76-,77-,86-/m0/s1. The summed E-state index contributed by atoms with van der Waals surface area (Å²) in [5.74, 6) is -29.7. The number of ketones is 8. The third-order valence-electron chi connectivity index (χ3n) is 23.4. The van der Waals surface area contributed by atoms with Crippen molar-refractivity contribution in [3.8, 4) is 11.5 Å². The quantitative estimate of drug-likeness (QED) is 0.0360. The lowest BCUT2D eigenvalue weighted by atomic mass is 9.85. The number of hydrogen-bond donors (Lipinski definition) is 17. The van der Waals surface area contributed by atoms with Gasteiger partial charge in [-0.25, -0.2) is 0 Å². The predicted molar refractivity (Wildman–Crippen MR) is 483 cm³/mol. The lowest BCUT2D eigenvalue weighted by molar-refractivity contribution is -0.143. The van der Waals surface area contributed by atoms with E-state index in [-0.39, 0.29) is 96.7 Å². The lowest BCUT2D eigenvalue weighted by Crippen LogP contribution is -2.52. The van der Waals surface area contributed by atoms with E-state index in [1.807, 2.05) is 6.92 Å². The summed E-state index contributed by atoms with van der Waals surface area (Å²) in [5.41, 5.74) is 6.78. The fourth-order valence-electron chi connectivity index (χ4n) is 15.4. The number of nitrogens with zero attached hydrogens (tertiary/aromatic N) is 1. The van der Waals surface area contributed by atoms with Crippen LogP contribution in [0.1, 0.15) is 200 Å². The third-order valence-corrected chi connectivity index (χ3v) is 24.4. The van der Waals surface area contributed by atoms with Gasteiger partial charge in [0.15, 0.2) is 34.7 Å². The van der Waals surface area contributed by atoms with E-state index in [2.05, 4.69) is 37.2 Å². The van der Waals surface area contributed by atoms with Gasteiger partial charge in [-0.3, -0.25) is 91.1 Å². The molecule has 0 saturated carbocycles. The molecule has 132 heavy (non-hydrogen) atoms. The fourth-order valence-corrected chi connectivity index (χ4v) is 16.2. The number of carboxylic acids is 3. The molecule has 0 bridgehead atoms. The van der Waals surface area contributed by atoms with Crippen molar-refractivity contribution in [2.24, 2.45) is 64.9 Å². The zero-order chi connectivity index (χ0) is 98.6. The molecule has 0 aliphatic carbocycles. The smallest absolute Gasteiger partial charge is 0.304 e. The Morgan fingerprint density at radius 2 is 0.939 bits per heavy atom. The van der Waals surface area contributed by atoms with Crippen LogP contribution >= 0.6 is 11.8 Å². The van der Waals surface area contributed by atoms with E-state index in [0.717, 1.165) is 31.5 Å². The molecule has 0 aromatic heterocycles. The van der Waals surface area contributed by atoms with Crippen LogP contribution in [0.3, 0.4) is 0 Å². The van der Waals surface area contributed by atoms with Gasteiger partial charge >= 0.3 is 17.9 Å². The van der Waals surface area contributed by atoms with E-state index in [1.165, 1.54) is 55.5 Å². The van der Waals surface area contributed by atoms with Crippen LogP contribution in [-0.2, 0) is 110 Å². The number of aliphatic carboxylic acids is 3. The van der Waals surface area contributed by atoms with Gasteiger partial charge in [0.2, 0.25) is 47.3 Å². The van der Waals surface area contributed by atoms with Gasteiger partial charge in [0, 0.05) is 94.7 Å². The summed E-state index contributed by atoms with van der Waals surface area (Å²) in [6.45, 7) is 11.1. The number of amides is 8. The number of nitrogens with one attached hydrogen (secondary N) is 7. The second kappa shape index (κ2) is 58.8. The maximum absolute atomic E-state index is 14.9. The third kappa shape index (κ3) is 41.4. The molecule has 730 valence electrons. The van der Waals surface area contributed by atoms with Crippen LogP contribution in [0.2, 0.25) is 0 Å². The second-order valence-corrected chi connectivity index (χ2v) is 36.1. The Labute approximate surface area is 773 Å². The van der Waals surface area contributed by atoms with Gasteiger partial charge in [-0.15, -0.1) is 11.8 Å². The van der Waals surface area contributed by atoms with Crippen LogP contribution < -0.4 is 43.0 Å². The Hall–Kier alpha value is -11.1. The van der Waals surface area contributed by atoms with Gasteiger partial charge in [0.05, 0.1) is 110 Å². The lowest BCUT2D eigenvalue weighted by Gasteiger charge is -2.30. The number of carboxylic acid groups (broad SMARTS) is 3. The first-order valence-corrected chi connectivity index (χ1v) is 46.2. The number of aliphatic hydroxyl groups is 4. The minimum atomic E-state index is -1.99. The van der Waals surface area contributed by atoms with Gasteiger partial charge in [0.25, 0.3) is 0 Å². The Morgan fingerprint density at radius 3 is 1.47 bits per heavy atom. The SMILES string of the molecule is CC[C@H](C)[C@H](NC(=O)[C@H](CO)CC(=O)[C@H](Cc1ccc(O)cc1)NC(=O)[C@H](CC(=O)O)CC(=O)[C@H](CO)NC(=O)[C@@H](CC(=O)[C@H](Cc1ccccc1)NC(=O)[C@@H](CC(=O)CNC(=O)[C@H](CCC(=O)O)CC(=O)CSCC(=O)CCCN1CCC[C@@H](C)C1=O)[C@@H](C)O)[C@@H](C)O)C(=O)C[C@@H](Cc1ccc(O)cc1)C(=O)N[C@@H](CC(C)C)C(=O)C[C@@H](CC(=O)O)C(=O)N[C@H](C)CCCCN. The molecule has 3 aromatic carbocycles. The highest BCUT2D eigenvalue weighted by atomic mass is 32.2. The molecule has 18 N–H and O–H groups in total. The summed E-state index contributed by atoms with van der Waals surface area (Å²) in [5, 5.41) is 111. The van der Waals surface area contributed by atoms with E-state index in [0.29, 0.717) is 56.4 Å². The van der Waals surface area contributed by atoms with Crippen LogP contribution in [0.4, 0.5) is 0 Å². The maximum Gasteiger partial charge on any atom is 0.304 e. The zero-order valence-corrected chi connectivity index (χ0v) is 77.3.